The first-order chi connectivity index (χ1) is 14.1. The lowest BCUT2D eigenvalue weighted by Crippen LogP contribution is -2.05. The molecule has 0 amide bonds. The second kappa shape index (κ2) is 8.73. The van der Waals surface area contributed by atoms with E-state index >= 15 is 0 Å². The van der Waals surface area contributed by atoms with E-state index in [1.165, 1.54) is 12.1 Å². The van der Waals surface area contributed by atoms with Gasteiger partial charge in [0.25, 0.3) is 0 Å². The predicted octanol–water partition coefficient (Wildman–Crippen LogP) is 7.48. The Labute approximate surface area is 178 Å². The van der Waals surface area contributed by atoms with Gasteiger partial charge in [0.05, 0.1) is 10.0 Å². The lowest BCUT2D eigenvalue weighted by Gasteiger charge is -2.16. The SMILES string of the molecule is Fc1ccc(NCc2c(OCc3ccc(Cl)c(Cl)c3)ccc3ccccc23)cc1. The molecule has 4 aromatic carbocycles. The Kier molecular flexibility index (Phi) is 5.89. The molecule has 146 valence electrons. The van der Waals surface area contributed by atoms with Crippen LogP contribution in [0.4, 0.5) is 10.1 Å². The average Bonchev–Trinajstić information content (AvgIpc) is 2.74. The minimum atomic E-state index is -0.258. The van der Waals surface area contributed by atoms with Gasteiger partial charge < -0.3 is 10.1 Å². The molecule has 0 unspecified atom stereocenters. The summed E-state index contributed by atoms with van der Waals surface area (Å²) >= 11 is 12.1. The summed E-state index contributed by atoms with van der Waals surface area (Å²) in [5.41, 5.74) is 2.81. The second-order valence-corrected chi connectivity index (χ2v) is 7.48. The van der Waals surface area contributed by atoms with Gasteiger partial charge in [-0.3, -0.25) is 0 Å². The Balaban J connectivity index is 1.61. The minimum absolute atomic E-state index is 0.258. The first-order valence-corrected chi connectivity index (χ1v) is 9.92. The third-order valence-electron chi connectivity index (χ3n) is 4.69. The molecule has 2 nitrogen and oxygen atoms in total. The van der Waals surface area contributed by atoms with Crippen molar-refractivity contribution < 1.29 is 9.13 Å². The van der Waals surface area contributed by atoms with Crippen LogP contribution in [0.3, 0.4) is 0 Å². The number of hydrogen-bond acceptors (Lipinski definition) is 2. The van der Waals surface area contributed by atoms with Gasteiger partial charge in [-0.05, 0) is 58.8 Å². The van der Waals surface area contributed by atoms with E-state index in [0.717, 1.165) is 33.3 Å². The van der Waals surface area contributed by atoms with Gasteiger partial charge in [-0.2, -0.15) is 0 Å². The number of nitrogens with one attached hydrogen (secondary N) is 1. The zero-order valence-electron chi connectivity index (χ0n) is 15.5. The van der Waals surface area contributed by atoms with Crippen molar-refractivity contribution in [2.24, 2.45) is 0 Å². The molecular formula is C24H18Cl2FNO. The van der Waals surface area contributed by atoms with Gasteiger partial charge in [0.1, 0.15) is 18.2 Å². The van der Waals surface area contributed by atoms with E-state index in [9.17, 15) is 4.39 Å². The van der Waals surface area contributed by atoms with E-state index in [0.29, 0.717) is 23.2 Å². The van der Waals surface area contributed by atoms with Crippen LogP contribution in [0.15, 0.2) is 78.9 Å². The summed E-state index contributed by atoms with van der Waals surface area (Å²) in [6.45, 7) is 0.919. The normalized spacial score (nSPS) is 10.9. The van der Waals surface area contributed by atoms with Gasteiger partial charge in [0, 0.05) is 17.8 Å². The molecule has 0 spiro atoms. The molecule has 0 saturated heterocycles. The van der Waals surface area contributed by atoms with Gasteiger partial charge in [0.15, 0.2) is 0 Å². The van der Waals surface area contributed by atoms with Gasteiger partial charge in [0.2, 0.25) is 0 Å². The van der Waals surface area contributed by atoms with Crippen LogP contribution in [0, 0.1) is 5.82 Å². The maximum atomic E-state index is 13.2. The quantitative estimate of drug-likeness (QED) is 0.345. The molecule has 0 radical (unpaired) electrons. The molecule has 0 aliphatic heterocycles. The van der Waals surface area contributed by atoms with Crippen LogP contribution in [0.1, 0.15) is 11.1 Å². The summed E-state index contributed by atoms with van der Waals surface area (Å²) in [7, 11) is 0. The van der Waals surface area contributed by atoms with Crippen molar-refractivity contribution in [3.05, 3.63) is 106 Å². The Bertz CT molecular complexity index is 1150. The van der Waals surface area contributed by atoms with Crippen LogP contribution in [-0.4, -0.2) is 0 Å². The molecule has 0 aliphatic rings. The average molecular weight is 426 g/mol. The molecule has 0 aromatic heterocycles. The van der Waals surface area contributed by atoms with Crippen LogP contribution >= 0.6 is 23.2 Å². The molecule has 5 heteroatoms. The number of rotatable bonds is 6. The standard InChI is InChI=1S/C24H18Cl2FNO/c25-22-11-5-16(13-23(22)26)15-29-24-12-6-17-3-1-2-4-20(17)21(24)14-28-19-9-7-18(27)8-10-19/h1-13,28H,14-15H2. The van der Waals surface area contributed by atoms with E-state index in [1.54, 1.807) is 24.3 Å². The zero-order chi connectivity index (χ0) is 20.2. The number of benzene rings is 4. The molecule has 0 aliphatic carbocycles. The summed E-state index contributed by atoms with van der Waals surface area (Å²) < 4.78 is 19.3. The largest absolute Gasteiger partial charge is 0.489 e. The van der Waals surface area contributed by atoms with Crippen molar-refractivity contribution in [1.82, 2.24) is 0 Å². The maximum Gasteiger partial charge on any atom is 0.125 e. The highest BCUT2D eigenvalue weighted by atomic mass is 35.5. The summed E-state index contributed by atoms with van der Waals surface area (Å²) in [5, 5.41) is 6.61. The number of anilines is 1. The Hall–Kier alpha value is -2.75. The number of hydrogen-bond donors (Lipinski definition) is 1. The zero-order valence-corrected chi connectivity index (χ0v) is 17.0. The lowest BCUT2D eigenvalue weighted by atomic mass is 10.0. The maximum absolute atomic E-state index is 13.2. The Morgan fingerprint density at radius 2 is 1.62 bits per heavy atom. The van der Waals surface area contributed by atoms with E-state index in [2.05, 4.69) is 17.4 Å². The topological polar surface area (TPSA) is 21.3 Å². The highest BCUT2D eigenvalue weighted by Gasteiger charge is 2.10. The smallest absolute Gasteiger partial charge is 0.125 e. The van der Waals surface area contributed by atoms with Gasteiger partial charge >= 0.3 is 0 Å². The van der Waals surface area contributed by atoms with E-state index in [4.69, 9.17) is 27.9 Å². The van der Waals surface area contributed by atoms with Crippen molar-refractivity contribution in [2.45, 2.75) is 13.2 Å². The third kappa shape index (κ3) is 4.64. The Morgan fingerprint density at radius 3 is 2.41 bits per heavy atom. The van der Waals surface area contributed by atoms with Crippen LogP contribution in [-0.2, 0) is 13.2 Å². The Morgan fingerprint density at radius 1 is 0.828 bits per heavy atom. The van der Waals surface area contributed by atoms with E-state index in [-0.39, 0.29) is 5.82 Å². The molecule has 0 heterocycles. The van der Waals surface area contributed by atoms with Crippen LogP contribution in [0.25, 0.3) is 10.8 Å². The van der Waals surface area contributed by atoms with Crippen molar-refractivity contribution in [2.75, 3.05) is 5.32 Å². The molecule has 0 fully saturated rings. The van der Waals surface area contributed by atoms with Crippen molar-refractivity contribution in [3.8, 4) is 5.75 Å². The number of halogens is 3. The van der Waals surface area contributed by atoms with Crippen molar-refractivity contribution in [1.29, 1.82) is 0 Å². The third-order valence-corrected chi connectivity index (χ3v) is 5.43. The number of ether oxygens (including phenoxy) is 1. The van der Waals surface area contributed by atoms with Crippen LogP contribution in [0.2, 0.25) is 10.0 Å². The molecular weight excluding hydrogens is 408 g/mol. The predicted molar refractivity (Wildman–Crippen MR) is 118 cm³/mol. The fraction of sp³-hybridized carbons (Fsp3) is 0.0833. The summed E-state index contributed by atoms with van der Waals surface area (Å²) in [5.74, 6) is 0.524. The second-order valence-electron chi connectivity index (χ2n) is 6.66. The molecule has 29 heavy (non-hydrogen) atoms. The van der Waals surface area contributed by atoms with Crippen LogP contribution < -0.4 is 10.1 Å². The number of fused-ring (bicyclic) bond motifs is 1. The first kappa shape index (κ1) is 19.6. The molecule has 4 rings (SSSR count). The lowest BCUT2D eigenvalue weighted by molar-refractivity contribution is 0.304. The molecule has 1 N–H and O–H groups in total. The molecule has 0 atom stereocenters. The minimum Gasteiger partial charge on any atom is -0.489 e. The summed E-state index contributed by atoms with van der Waals surface area (Å²) in [6, 6.07) is 24.0. The highest BCUT2D eigenvalue weighted by Crippen LogP contribution is 2.30. The summed E-state index contributed by atoms with van der Waals surface area (Å²) in [4.78, 5) is 0. The molecule has 0 bridgehead atoms. The first-order valence-electron chi connectivity index (χ1n) is 9.17. The van der Waals surface area contributed by atoms with Crippen LogP contribution in [0.5, 0.6) is 5.75 Å². The van der Waals surface area contributed by atoms with E-state index in [1.807, 2.05) is 30.3 Å². The molecule has 4 aromatic rings. The fourth-order valence-corrected chi connectivity index (χ4v) is 3.50. The summed E-state index contributed by atoms with van der Waals surface area (Å²) in [6.07, 6.45) is 0. The fourth-order valence-electron chi connectivity index (χ4n) is 3.18. The van der Waals surface area contributed by atoms with Gasteiger partial charge in [-0.25, -0.2) is 4.39 Å². The van der Waals surface area contributed by atoms with Crippen molar-refractivity contribution >= 4 is 39.7 Å². The van der Waals surface area contributed by atoms with Gasteiger partial charge in [-0.15, -0.1) is 0 Å². The monoisotopic (exact) mass is 425 g/mol. The highest BCUT2D eigenvalue weighted by molar-refractivity contribution is 6.42. The van der Waals surface area contributed by atoms with Crippen molar-refractivity contribution in [3.63, 3.8) is 0 Å². The molecule has 0 saturated carbocycles. The van der Waals surface area contributed by atoms with Gasteiger partial charge in [-0.1, -0.05) is 59.6 Å². The van der Waals surface area contributed by atoms with E-state index < -0.39 is 0 Å².